The maximum absolute atomic E-state index is 6.24. The summed E-state index contributed by atoms with van der Waals surface area (Å²) in [5.41, 5.74) is 7.65. The van der Waals surface area contributed by atoms with Crippen molar-refractivity contribution >= 4 is 17.4 Å². The summed E-state index contributed by atoms with van der Waals surface area (Å²) in [6, 6.07) is 7.25. The summed E-state index contributed by atoms with van der Waals surface area (Å²) in [6.07, 6.45) is 3.89. The molecule has 0 unspecified atom stereocenters. The molecular weight excluding hydrogens is 290 g/mol. The molecule has 7 heteroatoms. The Labute approximate surface area is 126 Å². The summed E-state index contributed by atoms with van der Waals surface area (Å²) in [6.45, 7) is 0. The molecule has 3 rings (SSSR count). The second-order valence-corrected chi connectivity index (χ2v) is 5.17. The van der Waals surface area contributed by atoms with Gasteiger partial charge in [0.15, 0.2) is 5.84 Å². The first-order valence-electron chi connectivity index (χ1n) is 6.49. The molecule has 1 fully saturated rings. The highest BCUT2D eigenvalue weighted by atomic mass is 35.5. The van der Waals surface area contributed by atoms with Gasteiger partial charge in [0.1, 0.15) is 17.8 Å². The Hall–Kier alpha value is -2.34. The van der Waals surface area contributed by atoms with Crippen molar-refractivity contribution in [1.29, 1.82) is 0 Å². The molecule has 1 aliphatic carbocycles. The van der Waals surface area contributed by atoms with Gasteiger partial charge in [0, 0.05) is 5.56 Å². The zero-order chi connectivity index (χ0) is 14.8. The zero-order valence-electron chi connectivity index (χ0n) is 11.2. The van der Waals surface area contributed by atoms with Crippen molar-refractivity contribution in [3.63, 3.8) is 0 Å². The second kappa shape index (κ2) is 5.57. The third kappa shape index (κ3) is 3.05. The Kier molecular flexibility index (Phi) is 3.62. The number of nitrogens with zero attached hydrogens (tertiary/aromatic N) is 3. The van der Waals surface area contributed by atoms with Crippen LogP contribution in [0.4, 0.5) is 0 Å². The van der Waals surface area contributed by atoms with Gasteiger partial charge < -0.3 is 16.3 Å². The topological polar surface area (TPSA) is 99.4 Å². The molecule has 2 aromatic rings. The van der Waals surface area contributed by atoms with Gasteiger partial charge >= 0.3 is 0 Å². The normalized spacial score (nSPS) is 15.0. The van der Waals surface area contributed by atoms with Gasteiger partial charge in [-0.05, 0) is 37.1 Å². The summed E-state index contributed by atoms with van der Waals surface area (Å²) in [5, 5.41) is 3.98. The van der Waals surface area contributed by atoms with E-state index in [2.05, 4.69) is 15.1 Å². The van der Waals surface area contributed by atoms with Crippen LogP contribution < -0.4 is 16.3 Å². The van der Waals surface area contributed by atoms with E-state index >= 15 is 0 Å². The predicted octanol–water partition coefficient (Wildman–Crippen LogP) is 1.92. The lowest BCUT2D eigenvalue weighted by atomic mass is 10.1. The minimum Gasteiger partial charge on any atom is -0.489 e. The van der Waals surface area contributed by atoms with Crippen molar-refractivity contribution in [2.24, 2.45) is 16.7 Å². The molecule has 0 amide bonds. The number of hydrazone groups is 1. The third-order valence-corrected chi connectivity index (χ3v) is 3.41. The minimum atomic E-state index is 0.151. The van der Waals surface area contributed by atoms with E-state index in [4.69, 9.17) is 27.9 Å². The summed E-state index contributed by atoms with van der Waals surface area (Å²) in [4.78, 5) is 8.23. The van der Waals surface area contributed by atoms with Crippen LogP contribution in [-0.4, -0.2) is 21.9 Å². The molecule has 0 aliphatic heterocycles. The number of hydrogen-bond acceptors (Lipinski definition) is 5. The fraction of sp³-hybridized carbons (Fsp3) is 0.214. The van der Waals surface area contributed by atoms with Gasteiger partial charge in [-0.15, -0.1) is 0 Å². The van der Waals surface area contributed by atoms with Crippen molar-refractivity contribution in [3.8, 4) is 17.0 Å². The lowest BCUT2D eigenvalue weighted by Gasteiger charge is -2.09. The monoisotopic (exact) mass is 303 g/mol. The highest BCUT2D eigenvalue weighted by Crippen LogP contribution is 2.34. The lowest BCUT2D eigenvalue weighted by Crippen LogP contribution is -2.17. The molecule has 0 radical (unpaired) electrons. The molecule has 1 heterocycles. The standard InChI is InChI=1S/C14H14ClN5O/c15-10-5-8(1-4-13(10)21-9-2-3-9)11-6-12(14(16)20-17)19-7-18-11/h1,4-7,9H,2-3,17H2,(H2,16,20). The van der Waals surface area contributed by atoms with Gasteiger partial charge in [0.05, 0.1) is 16.8 Å². The first-order chi connectivity index (χ1) is 10.2. The molecule has 4 N–H and O–H groups in total. The summed E-state index contributed by atoms with van der Waals surface area (Å²) >= 11 is 6.24. The van der Waals surface area contributed by atoms with Crippen LogP contribution in [0.5, 0.6) is 5.75 Å². The molecular formula is C14H14ClN5O. The average molecular weight is 304 g/mol. The van der Waals surface area contributed by atoms with Crippen molar-refractivity contribution in [2.75, 3.05) is 0 Å². The Morgan fingerprint density at radius 1 is 1.29 bits per heavy atom. The number of ether oxygens (including phenoxy) is 1. The largest absolute Gasteiger partial charge is 0.489 e. The fourth-order valence-corrected chi connectivity index (χ4v) is 2.07. The van der Waals surface area contributed by atoms with E-state index in [0.29, 0.717) is 28.3 Å². The number of rotatable bonds is 4. The van der Waals surface area contributed by atoms with Crippen LogP contribution in [-0.2, 0) is 0 Å². The van der Waals surface area contributed by atoms with Crippen molar-refractivity contribution in [1.82, 2.24) is 9.97 Å². The van der Waals surface area contributed by atoms with Crippen LogP contribution in [0.25, 0.3) is 11.3 Å². The molecule has 1 aliphatic rings. The first kappa shape index (κ1) is 13.6. The van der Waals surface area contributed by atoms with Gasteiger partial charge in [0.25, 0.3) is 0 Å². The van der Waals surface area contributed by atoms with Gasteiger partial charge in [0.2, 0.25) is 0 Å². The molecule has 0 bridgehead atoms. The van der Waals surface area contributed by atoms with Crippen LogP contribution >= 0.6 is 11.6 Å². The summed E-state index contributed by atoms with van der Waals surface area (Å²) < 4.78 is 5.71. The Morgan fingerprint density at radius 3 is 2.76 bits per heavy atom. The molecule has 0 saturated heterocycles. The van der Waals surface area contributed by atoms with Crippen LogP contribution in [0, 0.1) is 0 Å². The number of amidine groups is 1. The lowest BCUT2D eigenvalue weighted by molar-refractivity contribution is 0.303. The molecule has 1 aromatic carbocycles. The Balaban J connectivity index is 1.91. The molecule has 0 atom stereocenters. The Bertz CT molecular complexity index is 700. The SMILES string of the molecule is N/N=C(\N)c1cc(-c2ccc(OC3CC3)c(Cl)c2)ncn1. The number of aromatic nitrogens is 2. The van der Waals surface area contributed by atoms with E-state index < -0.39 is 0 Å². The molecule has 108 valence electrons. The molecule has 1 saturated carbocycles. The highest BCUT2D eigenvalue weighted by molar-refractivity contribution is 6.32. The number of benzene rings is 1. The van der Waals surface area contributed by atoms with Crippen molar-refractivity contribution in [3.05, 3.63) is 41.3 Å². The molecule has 0 spiro atoms. The van der Waals surface area contributed by atoms with E-state index in [1.165, 1.54) is 6.33 Å². The maximum Gasteiger partial charge on any atom is 0.169 e. The Morgan fingerprint density at radius 2 is 2.10 bits per heavy atom. The maximum atomic E-state index is 6.24. The summed E-state index contributed by atoms with van der Waals surface area (Å²) in [7, 11) is 0. The van der Waals surface area contributed by atoms with Crippen LogP contribution in [0.15, 0.2) is 35.7 Å². The van der Waals surface area contributed by atoms with E-state index in [1.54, 1.807) is 12.1 Å². The van der Waals surface area contributed by atoms with Crippen LogP contribution in [0.1, 0.15) is 18.5 Å². The van der Waals surface area contributed by atoms with E-state index in [1.807, 2.05) is 12.1 Å². The van der Waals surface area contributed by atoms with Gasteiger partial charge in [-0.2, -0.15) is 5.10 Å². The quantitative estimate of drug-likeness (QED) is 0.389. The van der Waals surface area contributed by atoms with Crippen LogP contribution in [0.2, 0.25) is 5.02 Å². The number of hydrogen-bond donors (Lipinski definition) is 2. The second-order valence-electron chi connectivity index (χ2n) is 4.77. The third-order valence-electron chi connectivity index (χ3n) is 3.11. The summed E-state index contributed by atoms with van der Waals surface area (Å²) in [5.74, 6) is 6.00. The molecule has 6 nitrogen and oxygen atoms in total. The van der Waals surface area contributed by atoms with E-state index in [-0.39, 0.29) is 5.84 Å². The highest BCUT2D eigenvalue weighted by Gasteiger charge is 2.24. The van der Waals surface area contributed by atoms with E-state index in [9.17, 15) is 0 Å². The predicted molar refractivity (Wildman–Crippen MR) is 81.0 cm³/mol. The first-order valence-corrected chi connectivity index (χ1v) is 6.87. The van der Waals surface area contributed by atoms with E-state index in [0.717, 1.165) is 18.4 Å². The van der Waals surface area contributed by atoms with Crippen molar-refractivity contribution in [2.45, 2.75) is 18.9 Å². The number of nitrogens with two attached hydrogens (primary N) is 2. The van der Waals surface area contributed by atoms with Crippen molar-refractivity contribution < 1.29 is 4.74 Å². The average Bonchev–Trinajstić information content (AvgIpc) is 3.32. The fourth-order valence-electron chi connectivity index (χ4n) is 1.84. The van der Waals surface area contributed by atoms with Gasteiger partial charge in [-0.3, -0.25) is 0 Å². The van der Waals surface area contributed by atoms with Gasteiger partial charge in [-0.1, -0.05) is 11.6 Å². The number of halogens is 1. The molecule has 21 heavy (non-hydrogen) atoms. The zero-order valence-corrected chi connectivity index (χ0v) is 11.9. The molecule has 1 aromatic heterocycles. The minimum absolute atomic E-state index is 0.151. The van der Waals surface area contributed by atoms with Crippen LogP contribution in [0.3, 0.4) is 0 Å². The van der Waals surface area contributed by atoms with Gasteiger partial charge in [-0.25, -0.2) is 9.97 Å². The smallest absolute Gasteiger partial charge is 0.169 e.